The Morgan fingerprint density at radius 1 is 1.62 bits per heavy atom. The molecule has 0 saturated heterocycles. The van der Waals surface area contributed by atoms with Gasteiger partial charge in [0.1, 0.15) is 11.6 Å². The Labute approximate surface area is 78.0 Å². The average molecular weight is 178 g/mol. The second kappa shape index (κ2) is 3.94. The van der Waals surface area contributed by atoms with E-state index in [1.807, 2.05) is 6.07 Å². The van der Waals surface area contributed by atoms with Gasteiger partial charge in [0.05, 0.1) is 6.04 Å². The zero-order valence-corrected chi connectivity index (χ0v) is 7.99. The Balaban J connectivity index is 2.96. The smallest absolute Gasteiger partial charge is 0.163 e. The van der Waals surface area contributed by atoms with E-state index in [0.29, 0.717) is 17.4 Å². The molecule has 0 aromatic carbocycles. The lowest BCUT2D eigenvalue weighted by Gasteiger charge is -2.11. The van der Waals surface area contributed by atoms with E-state index >= 15 is 0 Å². The Morgan fingerprint density at radius 2 is 2.23 bits per heavy atom. The standard InChI is InChI=1S/C9H14N4/c1-3-8(4-2)13-6-7(5-10)9(11)12-13/h6,8H,3-4H2,1-2H3,(H2,11,12). The maximum Gasteiger partial charge on any atom is 0.163 e. The third-order valence-electron chi connectivity index (χ3n) is 2.20. The first-order valence-corrected chi connectivity index (χ1v) is 4.47. The molecule has 1 heterocycles. The molecular formula is C9H14N4. The molecule has 0 unspecified atom stereocenters. The highest BCUT2D eigenvalue weighted by Gasteiger charge is 2.10. The van der Waals surface area contributed by atoms with Crippen molar-refractivity contribution in [1.82, 2.24) is 9.78 Å². The van der Waals surface area contributed by atoms with Crippen LogP contribution in [0.5, 0.6) is 0 Å². The summed E-state index contributed by atoms with van der Waals surface area (Å²) >= 11 is 0. The molecule has 70 valence electrons. The molecule has 0 saturated carbocycles. The summed E-state index contributed by atoms with van der Waals surface area (Å²) in [5.41, 5.74) is 6.01. The first-order chi connectivity index (χ1) is 6.22. The van der Waals surface area contributed by atoms with Gasteiger partial charge in [0.25, 0.3) is 0 Å². The van der Waals surface area contributed by atoms with Crippen molar-refractivity contribution in [2.45, 2.75) is 32.7 Å². The van der Waals surface area contributed by atoms with E-state index in [2.05, 4.69) is 18.9 Å². The second-order valence-corrected chi connectivity index (χ2v) is 2.99. The van der Waals surface area contributed by atoms with Crippen LogP contribution in [0.1, 0.15) is 38.3 Å². The van der Waals surface area contributed by atoms with Crippen LogP contribution < -0.4 is 5.73 Å². The molecule has 4 nitrogen and oxygen atoms in total. The monoisotopic (exact) mass is 178 g/mol. The molecule has 0 amide bonds. The minimum absolute atomic E-state index is 0.328. The van der Waals surface area contributed by atoms with Crippen LogP contribution in [0.2, 0.25) is 0 Å². The van der Waals surface area contributed by atoms with Crippen LogP contribution in [0.25, 0.3) is 0 Å². The predicted molar refractivity (Wildman–Crippen MR) is 51.0 cm³/mol. The first kappa shape index (κ1) is 9.59. The highest BCUT2D eigenvalue weighted by atomic mass is 15.3. The Kier molecular flexibility index (Phi) is 2.91. The molecule has 1 aromatic heterocycles. The minimum Gasteiger partial charge on any atom is -0.381 e. The van der Waals surface area contributed by atoms with Crippen molar-refractivity contribution in [3.63, 3.8) is 0 Å². The van der Waals surface area contributed by atoms with E-state index in [-0.39, 0.29) is 0 Å². The molecule has 0 aliphatic heterocycles. The Hall–Kier alpha value is -1.50. The third kappa shape index (κ3) is 1.81. The molecule has 0 spiro atoms. The number of aromatic nitrogens is 2. The Morgan fingerprint density at radius 3 is 2.62 bits per heavy atom. The number of hydrogen-bond acceptors (Lipinski definition) is 3. The van der Waals surface area contributed by atoms with Crippen LogP contribution in [0.3, 0.4) is 0 Å². The molecule has 4 heteroatoms. The summed E-state index contributed by atoms with van der Waals surface area (Å²) in [7, 11) is 0. The summed E-state index contributed by atoms with van der Waals surface area (Å²) in [6, 6.07) is 2.36. The Bertz CT molecular complexity index is 317. The lowest BCUT2D eigenvalue weighted by atomic mass is 10.2. The number of nitrogens with zero attached hydrogens (tertiary/aromatic N) is 3. The van der Waals surface area contributed by atoms with Gasteiger partial charge >= 0.3 is 0 Å². The van der Waals surface area contributed by atoms with E-state index < -0.39 is 0 Å². The number of hydrogen-bond donors (Lipinski definition) is 1. The number of nitrogens with two attached hydrogens (primary N) is 1. The molecular weight excluding hydrogens is 164 g/mol. The van der Waals surface area contributed by atoms with Gasteiger partial charge in [0.2, 0.25) is 0 Å². The summed E-state index contributed by atoms with van der Waals surface area (Å²) in [4.78, 5) is 0. The predicted octanol–water partition coefficient (Wildman–Crippen LogP) is 1.70. The largest absolute Gasteiger partial charge is 0.381 e. The number of rotatable bonds is 3. The zero-order valence-electron chi connectivity index (χ0n) is 7.99. The number of nitrogen functional groups attached to an aromatic ring is 1. The van der Waals surface area contributed by atoms with Crippen molar-refractivity contribution < 1.29 is 0 Å². The van der Waals surface area contributed by atoms with Crippen molar-refractivity contribution in [3.05, 3.63) is 11.8 Å². The molecule has 0 bridgehead atoms. The summed E-state index contributed by atoms with van der Waals surface area (Å²) in [5, 5.41) is 12.8. The molecule has 13 heavy (non-hydrogen) atoms. The van der Waals surface area contributed by atoms with Crippen molar-refractivity contribution in [2.24, 2.45) is 0 Å². The van der Waals surface area contributed by atoms with E-state index in [9.17, 15) is 0 Å². The maximum absolute atomic E-state index is 8.68. The topological polar surface area (TPSA) is 67.6 Å². The van der Waals surface area contributed by atoms with Gasteiger partial charge < -0.3 is 5.73 Å². The fourth-order valence-electron chi connectivity index (χ4n) is 1.34. The van der Waals surface area contributed by atoms with Crippen molar-refractivity contribution in [1.29, 1.82) is 5.26 Å². The van der Waals surface area contributed by atoms with Crippen molar-refractivity contribution in [3.8, 4) is 6.07 Å². The van der Waals surface area contributed by atoms with Crippen LogP contribution in [0.4, 0.5) is 5.82 Å². The molecule has 0 aliphatic rings. The highest BCUT2D eigenvalue weighted by molar-refractivity contribution is 5.46. The molecule has 0 atom stereocenters. The zero-order chi connectivity index (χ0) is 9.84. The number of anilines is 1. The molecule has 1 aromatic rings. The highest BCUT2D eigenvalue weighted by Crippen LogP contribution is 2.17. The van der Waals surface area contributed by atoms with E-state index in [0.717, 1.165) is 12.8 Å². The average Bonchev–Trinajstić information content (AvgIpc) is 2.49. The second-order valence-electron chi connectivity index (χ2n) is 2.99. The fraction of sp³-hybridized carbons (Fsp3) is 0.556. The van der Waals surface area contributed by atoms with Gasteiger partial charge in [-0.15, -0.1) is 0 Å². The van der Waals surface area contributed by atoms with Crippen LogP contribution >= 0.6 is 0 Å². The lowest BCUT2D eigenvalue weighted by molar-refractivity contribution is 0.429. The van der Waals surface area contributed by atoms with Gasteiger partial charge in [0.15, 0.2) is 5.82 Å². The van der Waals surface area contributed by atoms with Gasteiger partial charge in [-0.2, -0.15) is 10.4 Å². The van der Waals surface area contributed by atoms with Gasteiger partial charge in [-0.1, -0.05) is 13.8 Å². The number of nitriles is 1. The van der Waals surface area contributed by atoms with E-state index in [1.165, 1.54) is 0 Å². The molecule has 2 N–H and O–H groups in total. The molecule has 0 radical (unpaired) electrons. The van der Waals surface area contributed by atoms with Gasteiger partial charge in [-0.3, -0.25) is 4.68 Å². The van der Waals surface area contributed by atoms with Crippen LogP contribution in [-0.2, 0) is 0 Å². The van der Waals surface area contributed by atoms with Crippen molar-refractivity contribution >= 4 is 5.82 Å². The van der Waals surface area contributed by atoms with Crippen LogP contribution in [0.15, 0.2) is 6.20 Å². The van der Waals surface area contributed by atoms with Crippen LogP contribution in [0, 0.1) is 11.3 Å². The maximum atomic E-state index is 8.68. The van der Waals surface area contributed by atoms with E-state index in [1.54, 1.807) is 10.9 Å². The van der Waals surface area contributed by atoms with Gasteiger partial charge in [-0.05, 0) is 12.8 Å². The summed E-state index contributed by atoms with van der Waals surface area (Å²) < 4.78 is 1.79. The van der Waals surface area contributed by atoms with E-state index in [4.69, 9.17) is 11.0 Å². The van der Waals surface area contributed by atoms with Gasteiger partial charge in [0, 0.05) is 6.20 Å². The quantitative estimate of drug-likeness (QED) is 0.765. The first-order valence-electron chi connectivity index (χ1n) is 4.47. The lowest BCUT2D eigenvalue weighted by Crippen LogP contribution is -2.07. The summed E-state index contributed by atoms with van der Waals surface area (Å²) in [6.07, 6.45) is 3.72. The van der Waals surface area contributed by atoms with Gasteiger partial charge in [-0.25, -0.2) is 0 Å². The molecule has 1 rings (SSSR count). The minimum atomic E-state index is 0.328. The fourth-order valence-corrected chi connectivity index (χ4v) is 1.34. The summed E-state index contributed by atoms with van der Waals surface area (Å²) in [5.74, 6) is 0.328. The third-order valence-corrected chi connectivity index (χ3v) is 2.20. The SMILES string of the molecule is CCC(CC)n1cc(C#N)c(N)n1. The molecule has 0 aliphatic carbocycles. The molecule has 0 fully saturated rings. The summed E-state index contributed by atoms with van der Waals surface area (Å²) in [6.45, 7) is 4.19. The normalized spacial score (nSPS) is 10.3. The van der Waals surface area contributed by atoms with Crippen molar-refractivity contribution in [2.75, 3.05) is 5.73 Å². The van der Waals surface area contributed by atoms with Crippen LogP contribution in [-0.4, -0.2) is 9.78 Å².